The molecule has 5 rings (SSSR count). The molecule has 0 aliphatic carbocycles. The van der Waals surface area contributed by atoms with Crippen LogP contribution in [0.4, 0.5) is 17.5 Å². The van der Waals surface area contributed by atoms with Gasteiger partial charge in [-0.3, -0.25) is 4.98 Å². The molecule has 0 bridgehead atoms. The first-order chi connectivity index (χ1) is 15.7. The fraction of sp³-hybridized carbons (Fsp3) is 0.261. The Morgan fingerprint density at radius 3 is 2.75 bits per heavy atom. The van der Waals surface area contributed by atoms with E-state index in [1.165, 1.54) is 0 Å². The van der Waals surface area contributed by atoms with Crippen molar-refractivity contribution in [3.63, 3.8) is 0 Å². The SMILES string of the molecule is COc1cncc2nc(-c3ccnc(Nc4ncccc4C)c3)nc(N3CCNCC3)c12. The highest BCUT2D eigenvalue weighted by molar-refractivity contribution is 5.95. The van der Waals surface area contributed by atoms with Gasteiger partial charge in [0.25, 0.3) is 0 Å². The van der Waals surface area contributed by atoms with Gasteiger partial charge in [0.1, 0.15) is 23.2 Å². The molecule has 162 valence electrons. The summed E-state index contributed by atoms with van der Waals surface area (Å²) in [7, 11) is 1.65. The van der Waals surface area contributed by atoms with E-state index < -0.39 is 0 Å². The number of nitrogens with zero attached hydrogens (tertiary/aromatic N) is 6. The third-order valence-corrected chi connectivity index (χ3v) is 5.46. The van der Waals surface area contributed by atoms with Crippen LogP contribution < -0.4 is 20.3 Å². The van der Waals surface area contributed by atoms with Crippen LogP contribution in [0, 0.1) is 6.92 Å². The van der Waals surface area contributed by atoms with E-state index in [9.17, 15) is 0 Å². The zero-order valence-corrected chi connectivity index (χ0v) is 18.0. The Morgan fingerprint density at radius 1 is 1.06 bits per heavy atom. The van der Waals surface area contributed by atoms with Crippen molar-refractivity contribution >= 4 is 28.4 Å². The molecule has 0 amide bonds. The van der Waals surface area contributed by atoms with Crippen molar-refractivity contribution in [3.8, 4) is 17.1 Å². The maximum absolute atomic E-state index is 5.59. The van der Waals surface area contributed by atoms with E-state index in [2.05, 4.69) is 30.5 Å². The summed E-state index contributed by atoms with van der Waals surface area (Å²) < 4.78 is 5.59. The van der Waals surface area contributed by atoms with Crippen molar-refractivity contribution in [1.29, 1.82) is 0 Å². The van der Waals surface area contributed by atoms with Crippen LogP contribution in [-0.2, 0) is 0 Å². The van der Waals surface area contributed by atoms with Gasteiger partial charge in [-0.1, -0.05) is 6.07 Å². The van der Waals surface area contributed by atoms with E-state index in [1.807, 2.05) is 31.2 Å². The van der Waals surface area contributed by atoms with E-state index >= 15 is 0 Å². The second kappa shape index (κ2) is 8.72. The summed E-state index contributed by atoms with van der Waals surface area (Å²) >= 11 is 0. The van der Waals surface area contributed by atoms with Gasteiger partial charge in [-0.2, -0.15) is 0 Å². The van der Waals surface area contributed by atoms with E-state index in [0.29, 0.717) is 17.4 Å². The first-order valence-electron chi connectivity index (χ1n) is 10.5. The third kappa shape index (κ3) is 3.90. The van der Waals surface area contributed by atoms with Crippen molar-refractivity contribution in [3.05, 3.63) is 54.6 Å². The predicted octanol–water partition coefficient (Wildman–Crippen LogP) is 2.95. The van der Waals surface area contributed by atoms with Crippen LogP contribution in [0.15, 0.2) is 49.1 Å². The minimum Gasteiger partial charge on any atom is -0.494 e. The van der Waals surface area contributed by atoms with Gasteiger partial charge in [0.05, 0.1) is 30.4 Å². The summed E-state index contributed by atoms with van der Waals surface area (Å²) in [6.07, 6.45) is 6.97. The van der Waals surface area contributed by atoms with Crippen LogP contribution in [0.5, 0.6) is 5.75 Å². The van der Waals surface area contributed by atoms with Crippen LogP contribution in [-0.4, -0.2) is 58.2 Å². The summed E-state index contributed by atoms with van der Waals surface area (Å²) in [5.74, 6) is 3.60. The van der Waals surface area contributed by atoms with Crippen LogP contribution in [0.25, 0.3) is 22.3 Å². The van der Waals surface area contributed by atoms with Crippen molar-refractivity contribution in [1.82, 2.24) is 30.2 Å². The Labute approximate surface area is 185 Å². The fourth-order valence-electron chi connectivity index (χ4n) is 3.80. The van der Waals surface area contributed by atoms with Crippen LogP contribution in [0.3, 0.4) is 0 Å². The Bertz CT molecular complexity index is 1260. The van der Waals surface area contributed by atoms with E-state index in [0.717, 1.165) is 59.8 Å². The summed E-state index contributed by atoms with van der Waals surface area (Å²) in [6, 6.07) is 7.76. The van der Waals surface area contributed by atoms with Crippen molar-refractivity contribution < 1.29 is 4.74 Å². The summed E-state index contributed by atoms with van der Waals surface area (Å²) in [5, 5.41) is 7.56. The molecule has 32 heavy (non-hydrogen) atoms. The summed E-state index contributed by atoms with van der Waals surface area (Å²) in [4.78, 5) is 25.2. The largest absolute Gasteiger partial charge is 0.494 e. The molecule has 0 saturated carbocycles. The van der Waals surface area contributed by atoms with Crippen molar-refractivity contribution in [2.24, 2.45) is 0 Å². The van der Waals surface area contributed by atoms with Crippen LogP contribution in [0.1, 0.15) is 5.56 Å². The number of piperazine rings is 1. The zero-order valence-electron chi connectivity index (χ0n) is 18.0. The Balaban J connectivity index is 1.59. The molecule has 0 atom stereocenters. The van der Waals surface area contributed by atoms with Crippen molar-refractivity contribution in [2.45, 2.75) is 6.92 Å². The molecule has 0 unspecified atom stereocenters. The number of pyridine rings is 3. The van der Waals surface area contributed by atoms with E-state index in [-0.39, 0.29) is 0 Å². The molecule has 4 aromatic rings. The Hall–Kier alpha value is -3.85. The number of anilines is 3. The minimum atomic E-state index is 0.615. The molecule has 1 aliphatic heterocycles. The molecule has 1 saturated heterocycles. The standard InChI is InChI=1S/C23H24N8O/c1-15-4-3-6-27-21(15)29-19-12-16(5-7-26-19)22-28-17-13-25-14-18(32-2)20(17)23(30-22)31-10-8-24-9-11-31/h3-7,12-14,24H,8-11H2,1-2H3,(H,26,27,29). The highest BCUT2D eigenvalue weighted by Crippen LogP contribution is 2.34. The molecule has 0 radical (unpaired) electrons. The molecule has 1 fully saturated rings. The number of aromatic nitrogens is 5. The van der Waals surface area contributed by atoms with E-state index in [1.54, 1.807) is 31.9 Å². The molecule has 0 aromatic carbocycles. The van der Waals surface area contributed by atoms with Gasteiger partial charge in [-0.15, -0.1) is 0 Å². The molecule has 9 nitrogen and oxygen atoms in total. The average Bonchev–Trinajstić information content (AvgIpc) is 2.85. The van der Waals surface area contributed by atoms with E-state index in [4.69, 9.17) is 14.7 Å². The number of nitrogens with one attached hydrogen (secondary N) is 2. The second-order valence-electron chi connectivity index (χ2n) is 7.57. The smallest absolute Gasteiger partial charge is 0.162 e. The topological polar surface area (TPSA) is 101 Å². The molecule has 9 heteroatoms. The van der Waals surface area contributed by atoms with Gasteiger partial charge in [-0.05, 0) is 30.7 Å². The Kier molecular flexibility index (Phi) is 5.47. The highest BCUT2D eigenvalue weighted by atomic mass is 16.5. The summed E-state index contributed by atoms with van der Waals surface area (Å²) in [5.41, 5.74) is 2.65. The van der Waals surface area contributed by atoms with Gasteiger partial charge >= 0.3 is 0 Å². The first kappa shape index (κ1) is 20.1. The van der Waals surface area contributed by atoms with Gasteiger partial charge in [0, 0.05) is 44.1 Å². The van der Waals surface area contributed by atoms with Gasteiger partial charge in [0.2, 0.25) is 0 Å². The number of hydrogen-bond acceptors (Lipinski definition) is 9. The predicted molar refractivity (Wildman–Crippen MR) is 124 cm³/mol. The number of rotatable bonds is 5. The van der Waals surface area contributed by atoms with Gasteiger partial charge in [-0.25, -0.2) is 19.9 Å². The fourth-order valence-corrected chi connectivity index (χ4v) is 3.80. The number of methoxy groups -OCH3 is 1. The lowest BCUT2D eigenvalue weighted by Crippen LogP contribution is -2.44. The Morgan fingerprint density at radius 2 is 1.94 bits per heavy atom. The highest BCUT2D eigenvalue weighted by Gasteiger charge is 2.20. The number of fused-ring (bicyclic) bond motifs is 1. The molecule has 1 aliphatic rings. The number of ether oxygens (including phenoxy) is 1. The monoisotopic (exact) mass is 428 g/mol. The summed E-state index contributed by atoms with van der Waals surface area (Å²) in [6.45, 7) is 5.53. The molecule has 0 spiro atoms. The molecular weight excluding hydrogens is 404 g/mol. The lowest BCUT2D eigenvalue weighted by Gasteiger charge is -2.29. The lowest BCUT2D eigenvalue weighted by atomic mass is 10.2. The normalized spacial score (nSPS) is 13.9. The molecule has 4 aromatic heterocycles. The zero-order chi connectivity index (χ0) is 21.9. The van der Waals surface area contributed by atoms with Gasteiger partial charge < -0.3 is 20.3 Å². The number of aryl methyl sites for hydroxylation is 1. The molecule has 5 heterocycles. The van der Waals surface area contributed by atoms with Gasteiger partial charge in [0.15, 0.2) is 5.82 Å². The third-order valence-electron chi connectivity index (χ3n) is 5.46. The first-order valence-corrected chi connectivity index (χ1v) is 10.5. The second-order valence-corrected chi connectivity index (χ2v) is 7.57. The lowest BCUT2D eigenvalue weighted by molar-refractivity contribution is 0.418. The minimum absolute atomic E-state index is 0.615. The maximum atomic E-state index is 5.59. The average molecular weight is 429 g/mol. The van der Waals surface area contributed by atoms with Crippen LogP contribution in [0.2, 0.25) is 0 Å². The molecular formula is C23H24N8O. The quantitative estimate of drug-likeness (QED) is 0.497. The maximum Gasteiger partial charge on any atom is 0.162 e. The number of hydrogen-bond donors (Lipinski definition) is 2. The van der Waals surface area contributed by atoms with Crippen LogP contribution >= 0.6 is 0 Å². The molecule has 2 N–H and O–H groups in total. The van der Waals surface area contributed by atoms with Crippen molar-refractivity contribution in [2.75, 3.05) is 43.5 Å².